The smallest absolute Gasteiger partial charge is 0.247 e. The van der Waals surface area contributed by atoms with E-state index in [1.807, 2.05) is 30.1 Å². The number of piperazine rings is 1. The number of hydrogen-bond acceptors (Lipinski definition) is 6. The lowest BCUT2D eigenvalue weighted by Crippen LogP contribution is -2.45. The Morgan fingerprint density at radius 3 is 2.48 bits per heavy atom. The second-order valence-electron chi connectivity index (χ2n) is 5.30. The molecule has 21 heavy (non-hydrogen) atoms. The van der Waals surface area contributed by atoms with Gasteiger partial charge in [0.1, 0.15) is 0 Å². The third kappa shape index (κ3) is 3.11. The van der Waals surface area contributed by atoms with Crippen LogP contribution in [-0.4, -0.2) is 60.4 Å². The Bertz CT molecular complexity index is 580. The van der Waals surface area contributed by atoms with E-state index >= 15 is 0 Å². The van der Waals surface area contributed by atoms with Gasteiger partial charge in [-0.2, -0.15) is 10.1 Å². The van der Waals surface area contributed by atoms with Crippen LogP contribution < -0.4 is 9.80 Å². The molecule has 0 saturated carbocycles. The van der Waals surface area contributed by atoms with Crippen LogP contribution in [0.2, 0.25) is 0 Å². The summed E-state index contributed by atoms with van der Waals surface area (Å²) in [5, 5.41) is 8.30. The monoisotopic (exact) mass is 284 g/mol. The van der Waals surface area contributed by atoms with Gasteiger partial charge in [-0.25, -0.2) is 0 Å². The first-order chi connectivity index (χ1) is 10.2. The predicted octanol–water partition coefficient (Wildman–Crippen LogP) is 1.39. The lowest BCUT2D eigenvalue weighted by Gasteiger charge is -2.32. The standard InChI is InChI=1S/C15H20N6/c1-19-8-10-21(11-9-19)15-17-14(12-16-18-15)20(2)13-6-4-3-5-7-13/h3-7,12H,8-11H2,1-2H3. The SMILES string of the molecule is CN1CCN(c2nncc(N(C)c3ccccc3)n2)CC1. The quantitative estimate of drug-likeness (QED) is 0.849. The molecule has 1 aliphatic rings. The molecule has 0 unspecified atom stereocenters. The van der Waals surface area contributed by atoms with Crippen molar-refractivity contribution in [1.29, 1.82) is 0 Å². The maximum Gasteiger partial charge on any atom is 0.247 e. The van der Waals surface area contributed by atoms with Crippen LogP contribution in [0.1, 0.15) is 0 Å². The van der Waals surface area contributed by atoms with Gasteiger partial charge in [0.2, 0.25) is 5.95 Å². The van der Waals surface area contributed by atoms with E-state index in [-0.39, 0.29) is 0 Å². The second kappa shape index (κ2) is 6.05. The summed E-state index contributed by atoms with van der Waals surface area (Å²) in [6.45, 7) is 3.94. The fraction of sp³-hybridized carbons (Fsp3) is 0.400. The van der Waals surface area contributed by atoms with Gasteiger partial charge in [0.05, 0.1) is 6.20 Å². The predicted molar refractivity (Wildman–Crippen MR) is 84.0 cm³/mol. The molecule has 0 bridgehead atoms. The molecular formula is C15H20N6. The fourth-order valence-electron chi connectivity index (χ4n) is 2.37. The molecule has 2 aromatic rings. The molecule has 0 amide bonds. The van der Waals surface area contributed by atoms with E-state index in [2.05, 4.69) is 44.2 Å². The molecule has 0 radical (unpaired) electrons. The van der Waals surface area contributed by atoms with Crippen molar-refractivity contribution in [2.75, 3.05) is 50.1 Å². The summed E-state index contributed by atoms with van der Waals surface area (Å²) in [6.07, 6.45) is 1.70. The van der Waals surface area contributed by atoms with E-state index in [9.17, 15) is 0 Å². The van der Waals surface area contributed by atoms with Crippen molar-refractivity contribution in [3.05, 3.63) is 36.5 Å². The molecule has 6 heteroatoms. The Morgan fingerprint density at radius 1 is 1.05 bits per heavy atom. The van der Waals surface area contributed by atoms with E-state index in [4.69, 9.17) is 0 Å². The first-order valence-electron chi connectivity index (χ1n) is 7.16. The summed E-state index contributed by atoms with van der Waals surface area (Å²) in [4.78, 5) is 11.2. The number of para-hydroxylation sites is 1. The van der Waals surface area contributed by atoms with Gasteiger partial charge in [-0.1, -0.05) is 18.2 Å². The van der Waals surface area contributed by atoms with Gasteiger partial charge in [-0.05, 0) is 19.2 Å². The van der Waals surface area contributed by atoms with Gasteiger partial charge in [-0.15, -0.1) is 5.10 Å². The van der Waals surface area contributed by atoms with Crippen LogP contribution >= 0.6 is 0 Å². The van der Waals surface area contributed by atoms with Gasteiger partial charge >= 0.3 is 0 Å². The molecule has 1 aromatic carbocycles. The van der Waals surface area contributed by atoms with E-state index < -0.39 is 0 Å². The van der Waals surface area contributed by atoms with Crippen molar-refractivity contribution in [2.45, 2.75) is 0 Å². The van der Waals surface area contributed by atoms with Crippen molar-refractivity contribution < 1.29 is 0 Å². The highest BCUT2D eigenvalue weighted by Gasteiger charge is 2.18. The molecule has 1 saturated heterocycles. The van der Waals surface area contributed by atoms with Gasteiger partial charge in [0, 0.05) is 38.9 Å². The number of benzene rings is 1. The maximum atomic E-state index is 4.66. The van der Waals surface area contributed by atoms with Crippen LogP contribution in [0.4, 0.5) is 17.5 Å². The van der Waals surface area contributed by atoms with Crippen molar-refractivity contribution >= 4 is 17.5 Å². The Balaban J connectivity index is 1.80. The molecule has 1 aliphatic heterocycles. The Morgan fingerprint density at radius 2 is 1.76 bits per heavy atom. The number of anilines is 3. The average molecular weight is 284 g/mol. The minimum atomic E-state index is 0.711. The van der Waals surface area contributed by atoms with E-state index in [0.717, 1.165) is 37.7 Å². The third-order valence-corrected chi connectivity index (χ3v) is 3.81. The van der Waals surface area contributed by atoms with E-state index in [1.165, 1.54) is 0 Å². The number of hydrogen-bond donors (Lipinski definition) is 0. The summed E-state index contributed by atoms with van der Waals surface area (Å²) in [5.74, 6) is 1.52. The molecule has 2 heterocycles. The van der Waals surface area contributed by atoms with Gasteiger partial charge < -0.3 is 14.7 Å². The molecular weight excluding hydrogens is 264 g/mol. The minimum Gasteiger partial charge on any atom is -0.337 e. The molecule has 1 aromatic heterocycles. The summed E-state index contributed by atoms with van der Waals surface area (Å²) in [5.41, 5.74) is 1.09. The van der Waals surface area contributed by atoms with Crippen LogP contribution in [-0.2, 0) is 0 Å². The Labute approximate surface area is 125 Å². The van der Waals surface area contributed by atoms with Crippen LogP contribution in [0.15, 0.2) is 36.5 Å². The third-order valence-electron chi connectivity index (χ3n) is 3.81. The first kappa shape index (κ1) is 13.8. The molecule has 1 fully saturated rings. The van der Waals surface area contributed by atoms with Crippen LogP contribution in [0.5, 0.6) is 0 Å². The summed E-state index contributed by atoms with van der Waals surface area (Å²) >= 11 is 0. The molecule has 0 spiro atoms. The highest BCUT2D eigenvalue weighted by atomic mass is 15.4. The molecule has 110 valence electrons. The van der Waals surface area contributed by atoms with Crippen molar-refractivity contribution in [3.8, 4) is 0 Å². The van der Waals surface area contributed by atoms with Gasteiger partial charge in [0.25, 0.3) is 0 Å². The van der Waals surface area contributed by atoms with E-state index in [1.54, 1.807) is 6.20 Å². The van der Waals surface area contributed by atoms with Crippen molar-refractivity contribution in [2.24, 2.45) is 0 Å². The largest absolute Gasteiger partial charge is 0.337 e. The second-order valence-corrected chi connectivity index (χ2v) is 5.30. The molecule has 0 N–H and O–H groups in total. The fourth-order valence-corrected chi connectivity index (χ4v) is 2.37. The van der Waals surface area contributed by atoms with Gasteiger partial charge in [0.15, 0.2) is 5.82 Å². The zero-order chi connectivity index (χ0) is 14.7. The van der Waals surface area contributed by atoms with Gasteiger partial charge in [-0.3, -0.25) is 0 Å². The summed E-state index contributed by atoms with van der Waals surface area (Å²) in [6, 6.07) is 10.1. The van der Waals surface area contributed by atoms with Crippen molar-refractivity contribution in [3.63, 3.8) is 0 Å². The molecule has 3 rings (SSSR count). The van der Waals surface area contributed by atoms with Crippen molar-refractivity contribution in [1.82, 2.24) is 20.1 Å². The lowest BCUT2D eigenvalue weighted by atomic mass is 10.3. The average Bonchev–Trinajstić information content (AvgIpc) is 2.56. The zero-order valence-corrected chi connectivity index (χ0v) is 12.5. The molecule has 0 aliphatic carbocycles. The number of nitrogens with zero attached hydrogens (tertiary/aromatic N) is 6. The first-order valence-corrected chi connectivity index (χ1v) is 7.16. The van der Waals surface area contributed by atoms with E-state index in [0.29, 0.717) is 5.95 Å². The molecule has 6 nitrogen and oxygen atoms in total. The Kier molecular flexibility index (Phi) is 3.96. The molecule has 0 atom stereocenters. The highest BCUT2D eigenvalue weighted by molar-refractivity contribution is 5.58. The summed E-state index contributed by atoms with van der Waals surface area (Å²) < 4.78 is 0. The van der Waals surface area contributed by atoms with Crippen LogP contribution in [0.3, 0.4) is 0 Å². The maximum absolute atomic E-state index is 4.66. The highest BCUT2D eigenvalue weighted by Crippen LogP contribution is 2.21. The Hall–Kier alpha value is -2.21. The normalized spacial score (nSPS) is 16.0. The summed E-state index contributed by atoms with van der Waals surface area (Å²) in [7, 11) is 4.13. The number of rotatable bonds is 3. The number of aromatic nitrogens is 3. The van der Waals surface area contributed by atoms with Crippen LogP contribution in [0.25, 0.3) is 0 Å². The topological polar surface area (TPSA) is 48.4 Å². The van der Waals surface area contributed by atoms with Crippen LogP contribution in [0, 0.1) is 0 Å². The minimum absolute atomic E-state index is 0.711. The zero-order valence-electron chi connectivity index (χ0n) is 12.5. The number of likely N-dealkylation sites (N-methyl/N-ethyl adjacent to an activating group) is 1. The lowest BCUT2D eigenvalue weighted by molar-refractivity contribution is 0.311.